The van der Waals surface area contributed by atoms with Crippen LogP contribution in [0.2, 0.25) is 0 Å². The van der Waals surface area contributed by atoms with Crippen molar-refractivity contribution < 1.29 is 19.0 Å². The predicted octanol–water partition coefficient (Wildman–Crippen LogP) is 3.33. The van der Waals surface area contributed by atoms with Gasteiger partial charge in [-0.05, 0) is 48.6 Å². The molecule has 26 heavy (non-hydrogen) atoms. The molecule has 3 rings (SSSR count). The third-order valence-electron chi connectivity index (χ3n) is 5.12. The van der Waals surface area contributed by atoms with Gasteiger partial charge in [-0.2, -0.15) is 0 Å². The molecule has 0 atom stereocenters. The Morgan fingerprint density at radius 1 is 1.15 bits per heavy atom. The molecule has 2 aromatic carbocycles. The number of rotatable bonds is 6. The van der Waals surface area contributed by atoms with Crippen molar-refractivity contribution in [2.24, 2.45) is 0 Å². The van der Waals surface area contributed by atoms with Crippen LogP contribution in [0.25, 0.3) is 0 Å². The number of hydrogen-bond donors (Lipinski definition) is 2. The zero-order valence-corrected chi connectivity index (χ0v) is 14.7. The number of nitrogens with one attached hydrogen (secondary N) is 1. The van der Waals surface area contributed by atoms with E-state index in [0.29, 0.717) is 32.6 Å². The Morgan fingerprint density at radius 3 is 2.65 bits per heavy atom. The van der Waals surface area contributed by atoms with Gasteiger partial charge in [0.1, 0.15) is 11.6 Å². The van der Waals surface area contributed by atoms with E-state index in [1.165, 1.54) is 6.07 Å². The molecule has 0 unspecified atom stereocenters. The fourth-order valence-electron chi connectivity index (χ4n) is 3.47. The molecule has 0 saturated carbocycles. The SMILES string of the molecule is O=C(CCc1ccccc1O)NCC1(c2cccc(F)c2)CCOCC1. The molecule has 1 amide bonds. The average Bonchev–Trinajstić information content (AvgIpc) is 2.66. The Bertz CT molecular complexity index is 756. The first-order valence-corrected chi connectivity index (χ1v) is 8.96. The molecule has 1 heterocycles. The van der Waals surface area contributed by atoms with E-state index in [1.807, 2.05) is 18.2 Å². The van der Waals surface area contributed by atoms with Crippen molar-refractivity contribution in [3.05, 3.63) is 65.5 Å². The predicted molar refractivity (Wildman–Crippen MR) is 97.6 cm³/mol. The molecule has 0 radical (unpaired) electrons. The van der Waals surface area contributed by atoms with Crippen LogP contribution in [0.3, 0.4) is 0 Å². The van der Waals surface area contributed by atoms with Gasteiger partial charge in [-0.25, -0.2) is 4.39 Å². The van der Waals surface area contributed by atoms with Crippen molar-refractivity contribution in [1.82, 2.24) is 5.32 Å². The molecule has 0 bridgehead atoms. The maximum Gasteiger partial charge on any atom is 0.220 e. The Hall–Kier alpha value is -2.40. The molecular weight excluding hydrogens is 333 g/mol. The van der Waals surface area contributed by atoms with Crippen molar-refractivity contribution in [2.75, 3.05) is 19.8 Å². The summed E-state index contributed by atoms with van der Waals surface area (Å²) >= 11 is 0. The van der Waals surface area contributed by atoms with Gasteiger partial charge in [-0.1, -0.05) is 30.3 Å². The largest absolute Gasteiger partial charge is 0.508 e. The number of para-hydroxylation sites is 1. The Morgan fingerprint density at radius 2 is 1.92 bits per heavy atom. The number of benzene rings is 2. The lowest BCUT2D eigenvalue weighted by Gasteiger charge is -2.38. The van der Waals surface area contributed by atoms with Crippen LogP contribution < -0.4 is 5.32 Å². The third-order valence-corrected chi connectivity index (χ3v) is 5.12. The second-order valence-electron chi connectivity index (χ2n) is 6.81. The number of amides is 1. The van der Waals surface area contributed by atoms with Crippen LogP contribution in [0.5, 0.6) is 5.75 Å². The second-order valence-corrected chi connectivity index (χ2v) is 6.81. The molecule has 0 spiro atoms. The van der Waals surface area contributed by atoms with E-state index in [0.717, 1.165) is 24.0 Å². The van der Waals surface area contributed by atoms with Crippen LogP contribution >= 0.6 is 0 Å². The van der Waals surface area contributed by atoms with E-state index in [2.05, 4.69) is 5.32 Å². The number of hydrogen-bond acceptors (Lipinski definition) is 3. The Balaban J connectivity index is 1.63. The fourth-order valence-corrected chi connectivity index (χ4v) is 3.47. The molecule has 0 aliphatic carbocycles. The average molecular weight is 357 g/mol. The fraction of sp³-hybridized carbons (Fsp3) is 0.381. The summed E-state index contributed by atoms with van der Waals surface area (Å²) in [6.07, 6.45) is 2.27. The second kappa shape index (κ2) is 8.32. The van der Waals surface area contributed by atoms with Gasteiger partial charge < -0.3 is 15.2 Å². The number of ether oxygens (including phenoxy) is 1. The first-order valence-electron chi connectivity index (χ1n) is 8.96. The number of aromatic hydroxyl groups is 1. The van der Waals surface area contributed by atoms with Gasteiger partial charge in [0.15, 0.2) is 0 Å². The van der Waals surface area contributed by atoms with Crippen LogP contribution in [-0.4, -0.2) is 30.8 Å². The smallest absolute Gasteiger partial charge is 0.220 e. The van der Waals surface area contributed by atoms with Gasteiger partial charge in [0.25, 0.3) is 0 Å². The van der Waals surface area contributed by atoms with Crippen LogP contribution in [0.15, 0.2) is 48.5 Å². The van der Waals surface area contributed by atoms with E-state index in [-0.39, 0.29) is 22.9 Å². The minimum absolute atomic E-state index is 0.0736. The van der Waals surface area contributed by atoms with Gasteiger partial charge >= 0.3 is 0 Å². The molecular formula is C21H24FNO3. The number of carbonyl (C=O) groups excluding carboxylic acids is 1. The van der Waals surface area contributed by atoms with Gasteiger partial charge in [0.2, 0.25) is 5.91 Å². The Labute approximate surface area is 153 Å². The van der Waals surface area contributed by atoms with E-state index in [1.54, 1.807) is 24.3 Å². The van der Waals surface area contributed by atoms with Crippen LogP contribution in [0, 0.1) is 5.82 Å². The minimum atomic E-state index is -0.301. The zero-order chi connectivity index (χ0) is 18.4. The van der Waals surface area contributed by atoms with Crippen LogP contribution in [0.4, 0.5) is 4.39 Å². The number of phenols is 1. The maximum atomic E-state index is 13.7. The molecule has 0 aromatic heterocycles. The summed E-state index contributed by atoms with van der Waals surface area (Å²) in [5.41, 5.74) is 1.36. The summed E-state index contributed by atoms with van der Waals surface area (Å²) in [5.74, 6) is -0.129. The van der Waals surface area contributed by atoms with Crippen LogP contribution in [0.1, 0.15) is 30.4 Å². The first kappa shape index (κ1) is 18.4. The lowest BCUT2D eigenvalue weighted by atomic mass is 9.74. The van der Waals surface area contributed by atoms with Crippen molar-refractivity contribution in [3.63, 3.8) is 0 Å². The highest BCUT2D eigenvalue weighted by Crippen LogP contribution is 2.34. The summed E-state index contributed by atoms with van der Waals surface area (Å²) < 4.78 is 19.2. The topological polar surface area (TPSA) is 58.6 Å². The highest BCUT2D eigenvalue weighted by molar-refractivity contribution is 5.76. The molecule has 2 N–H and O–H groups in total. The first-order chi connectivity index (χ1) is 12.6. The van der Waals surface area contributed by atoms with Gasteiger partial charge in [0, 0.05) is 31.6 Å². The van der Waals surface area contributed by atoms with Gasteiger partial charge in [-0.3, -0.25) is 4.79 Å². The summed E-state index contributed by atoms with van der Waals surface area (Å²) in [6, 6.07) is 13.6. The highest BCUT2D eigenvalue weighted by Gasteiger charge is 2.35. The van der Waals surface area contributed by atoms with Crippen molar-refractivity contribution in [3.8, 4) is 5.75 Å². The summed E-state index contributed by atoms with van der Waals surface area (Å²) in [7, 11) is 0. The third kappa shape index (κ3) is 4.41. The monoisotopic (exact) mass is 357 g/mol. The molecule has 1 saturated heterocycles. The molecule has 2 aromatic rings. The Kier molecular flexibility index (Phi) is 5.89. The number of phenolic OH excluding ortho intramolecular Hbond substituents is 1. The normalized spacial score (nSPS) is 16.2. The van der Waals surface area contributed by atoms with Crippen molar-refractivity contribution >= 4 is 5.91 Å². The number of halogens is 1. The zero-order valence-electron chi connectivity index (χ0n) is 14.7. The summed E-state index contributed by atoms with van der Waals surface area (Å²) in [4.78, 5) is 12.3. The lowest BCUT2D eigenvalue weighted by molar-refractivity contribution is -0.121. The highest BCUT2D eigenvalue weighted by atomic mass is 19.1. The molecule has 138 valence electrons. The number of carbonyl (C=O) groups is 1. The molecule has 1 fully saturated rings. The summed E-state index contributed by atoms with van der Waals surface area (Å²) in [5, 5.41) is 12.8. The van der Waals surface area contributed by atoms with Crippen molar-refractivity contribution in [1.29, 1.82) is 0 Å². The molecule has 4 nitrogen and oxygen atoms in total. The van der Waals surface area contributed by atoms with Crippen molar-refractivity contribution in [2.45, 2.75) is 31.1 Å². The van der Waals surface area contributed by atoms with E-state index >= 15 is 0 Å². The van der Waals surface area contributed by atoms with E-state index in [4.69, 9.17) is 4.74 Å². The summed E-state index contributed by atoms with van der Waals surface area (Å²) in [6.45, 7) is 1.66. The van der Waals surface area contributed by atoms with Gasteiger partial charge in [0.05, 0.1) is 0 Å². The quantitative estimate of drug-likeness (QED) is 0.834. The molecule has 1 aliphatic heterocycles. The standard InChI is InChI=1S/C21H24FNO3/c22-18-6-3-5-17(14-18)21(10-12-26-13-11-21)15-23-20(25)9-8-16-4-1-2-7-19(16)24/h1-7,14,24H,8-13,15H2,(H,23,25). The van der Waals surface area contributed by atoms with Crippen LogP contribution in [-0.2, 0) is 21.4 Å². The van der Waals surface area contributed by atoms with Gasteiger partial charge in [-0.15, -0.1) is 0 Å². The number of aryl methyl sites for hydroxylation is 1. The minimum Gasteiger partial charge on any atom is -0.508 e. The lowest BCUT2D eigenvalue weighted by Crippen LogP contribution is -2.44. The molecule has 5 heteroatoms. The van der Waals surface area contributed by atoms with E-state index < -0.39 is 0 Å². The van der Waals surface area contributed by atoms with E-state index in [9.17, 15) is 14.3 Å². The maximum absolute atomic E-state index is 13.7. The molecule has 1 aliphatic rings.